The molecule has 9 heteroatoms. The molecule has 0 saturated heterocycles. The number of nitrogens with one attached hydrogen (secondary N) is 1. The highest BCUT2D eigenvalue weighted by molar-refractivity contribution is 7.92. The summed E-state index contributed by atoms with van der Waals surface area (Å²) in [7, 11) is -3.56. The van der Waals surface area contributed by atoms with Gasteiger partial charge in [0.2, 0.25) is 21.8 Å². The number of hydrogen-bond acceptors (Lipinski definition) is 4. The monoisotopic (exact) mass is 533 g/mol. The molecule has 1 fully saturated rings. The van der Waals surface area contributed by atoms with E-state index in [-0.39, 0.29) is 30.8 Å². The lowest BCUT2D eigenvalue weighted by Gasteiger charge is -2.30. The zero-order chi connectivity index (χ0) is 26.3. The lowest BCUT2D eigenvalue weighted by atomic mass is 10.1. The summed E-state index contributed by atoms with van der Waals surface area (Å²) >= 11 is 6.06. The summed E-state index contributed by atoms with van der Waals surface area (Å²) in [6, 6.07) is 14.0. The van der Waals surface area contributed by atoms with E-state index in [9.17, 15) is 18.0 Å². The second kappa shape index (κ2) is 12.6. The number of carbonyl (C=O) groups is 2. The van der Waals surface area contributed by atoms with Gasteiger partial charge in [-0.05, 0) is 56.9 Å². The highest BCUT2D eigenvalue weighted by atomic mass is 35.5. The van der Waals surface area contributed by atoms with Gasteiger partial charge in [0.05, 0.1) is 11.9 Å². The molecule has 3 rings (SSSR count). The van der Waals surface area contributed by atoms with Crippen molar-refractivity contribution in [2.45, 2.75) is 71.0 Å². The molecule has 0 bridgehead atoms. The highest BCUT2D eigenvalue weighted by Crippen LogP contribution is 2.23. The predicted octanol–water partition coefficient (Wildman–Crippen LogP) is 4.67. The van der Waals surface area contributed by atoms with E-state index in [1.54, 1.807) is 36.1 Å². The fourth-order valence-electron chi connectivity index (χ4n) is 4.62. The Morgan fingerprint density at radius 1 is 1.11 bits per heavy atom. The van der Waals surface area contributed by atoms with E-state index >= 15 is 0 Å². The van der Waals surface area contributed by atoms with E-state index in [0.717, 1.165) is 43.1 Å². The molecule has 36 heavy (non-hydrogen) atoms. The van der Waals surface area contributed by atoms with Crippen molar-refractivity contribution in [3.8, 4) is 0 Å². The second-order valence-corrected chi connectivity index (χ2v) is 11.9. The number of halogens is 1. The van der Waals surface area contributed by atoms with E-state index in [2.05, 4.69) is 5.32 Å². The number of benzene rings is 2. The fraction of sp³-hybridized carbons (Fsp3) is 0.481. The first-order valence-corrected chi connectivity index (χ1v) is 14.7. The molecular formula is C27H36ClN3O4S. The van der Waals surface area contributed by atoms with Gasteiger partial charge < -0.3 is 10.2 Å². The zero-order valence-corrected chi connectivity index (χ0v) is 22.8. The van der Waals surface area contributed by atoms with Gasteiger partial charge in [-0.15, -0.1) is 0 Å². The van der Waals surface area contributed by atoms with Crippen molar-refractivity contribution in [1.82, 2.24) is 10.2 Å². The Morgan fingerprint density at radius 2 is 1.81 bits per heavy atom. The summed E-state index contributed by atoms with van der Waals surface area (Å²) in [5, 5.41) is 3.53. The van der Waals surface area contributed by atoms with E-state index in [4.69, 9.17) is 11.6 Å². The van der Waals surface area contributed by atoms with Gasteiger partial charge in [-0.2, -0.15) is 0 Å². The summed E-state index contributed by atoms with van der Waals surface area (Å²) in [5.74, 6) is -0.343. The van der Waals surface area contributed by atoms with E-state index in [1.165, 1.54) is 4.31 Å². The van der Waals surface area contributed by atoms with Crippen LogP contribution in [-0.2, 0) is 26.2 Å². The van der Waals surface area contributed by atoms with Crippen molar-refractivity contribution < 1.29 is 18.0 Å². The molecule has 196 valence electrons. The Bertz CT molecular complexity index is 1170. The van der Waals surface area contributed by atoms with Gasteiger partial charge >= 0.3 is 0 Å². The van der Waals surface area contributed by atoms with Crippen molar-refractivity contribution in [2.75, 3.05) is 17.1 Å². The molecule has 2 aromatic carbocycles. The number of hydrogen-bond donors (Lipinski definition) is 1. The fourth-order valence-corrected chi connectivity index (χ4v) is 5.76. The average molecular weight is 534 g/mol. The van der Waals surface area contributed by atoms with Gasteiger partial charge in [-0.25, -0.2) is 8.42 Å². The standard InChI is InChI=1S/C27H36ClN3O4S/c1-20-9-6-10-22(17-20)19-30(21(2)27(33)29-24-12-4-5-13-24)26(32)15-8-16-31(36(3,34)35)25-14-7-11-23(28)18-25/h6-7,9-11,14,17-18,21,24H,4-5,8,12-13,15-16,19H2,1-3H3,(H,29,33)/t21-/m1/s1. The molecule has 0 spiro atoms. The summed E-state index contributed by atoms with van der Waals surface area (Å²) in [4.78, 5) is 28.0. The topological polar surface area (TPSA) is 86.8 Å². The molecule has 0 aliphatic heterocycles. The number of rotatable bonds is 11. The molecule has 0 radical (unpaired) electrons. The van der Waals surface area contributed by atoms with E-state index < -0.39 is 16.1 Å². The molecule has 0 unspecified atom stereocenters. The third-order valence-electron chi connectivity index (χ3n) is 6.55. The van der Waals surface area contributed by atoms with Crippen molar-refractivity contribution in [1.29, 1.82) is 0 Å². The minimum Gasteiger partial charge on any atom is -0.352 e. The average Bonchev–Trinajstić information content (AvgIpc) is 3.32. The third-order valence-corrected chi connectivity index (χ3v) is 7.98. The Kier molecular flexibility index (Phi) is 9.79. The van der Waals surface area contributed by atoms with Crippen molar-refractivity contribution in [2.24, 2.45) is 0 Å². The number of sulfonamides is 1. The van der Waals surface area contributed by atoms with Crippen LogP contribution >= 0.6 is 11.6 Å². The second-order valence-electron chi connectivity index (χ2n) is 9.60. The van der Waals surface area contributed by atoms with Gasteiger partial charge in [0.1, 0.15) is 6.04 Å². The number of nitrogens with zero attached hydrogens (tertiary/aromatic N) is 2. The molecule has 7 nitrogen and oxygen atoms in total. The van der Waals surface area contributed by atoms with Crippen LogP contribution in [0.2, 0.25) is 5.02 Å². The summed E-state index contributed by atoms with van der Waals surface area (Å²) < 4.78 is 26.1. The molecule has 0 heterocycles. The van der Waals surface area contributed by atoms with E-state index in [1.807, 2.05) is 31.2 Å². The van der Waals surface area contributed by atoms with Crippen LogP contribution in [-0.4, -0.2) is 50.0 Å². The summed E-state index contributed by atoms with van der Waals surface area (Å²) in [6.45, 7) is 4.18. The lowest BCUT2D eigenvalue weighted by Crippen LogP contribution is -2.49. The van der Waals surface area contributed by atoms with Gasteiger partial charge in [0.15, 0.2) is 0 Å². The zero-order valence-electron chi connectivity index (χ0n) is 21.2. The van der Waals surface area contributed by atoms with Gasteiger partial charge in [0.25, 0.3) is 0 Å². The first-order chi connectivity index (χ1) is 17.0. The molecule has 2 aromatic rings. The van der Waals surface area contributed by atoms with Crippen LogP contribution in [0.5, 0.6) is 0 Å². The van der Waals surface area contributed by atoms with Crippen LogP contribution in [0.1, 0.15) is 56.6 Å². The smallest absolute Gasteiger partial charge is 0.242 e. The molecule has 1 saturated carbocycles. The quantitative estimate of drug-likeness (QED) is 0.454. The lowest BCUT2D eigenvalue weighted by molar-refractivity contribution is -0.141. The van der Waals surface area contributed by atoms with Gasteiger partial charge in [-0.1, -0.05) is 60.3 Å². The first kappa shape index (κ1) is 28.0. The Labute approximate surface area is 219 Å². The minimum atomic E-state index is -3.56. The number of anilines is 1. The highest BCUT2D eigenvalue weighted by Gasteiger charge is 2.28. The van der Waals surface area contributed by atoms with Gasteiger partial charge in [-0.3, -0.25) is 13.9 Å². The normalized spacial score (nSPS) is 14.9. The molecule has 1 aliphatic rings. The number of aryl methyl sites for hydroxylation is 1. The number of amides is 2. The molecule has 2 amide bonds. The molecule has 0 aromatic heterocycles. The maximum absolute atomic E-state index is 13.4. The molecule has 1 N–H and O–H groups in total. The minimum absolute atomic E-state index is 0.111. The van der Waals surface area contributed by atoms with Crippen LogP contribution < -0.4 is 9.62 Å². The van der Waals surface area contributed by atoms with E-state index in [0.29, 0.717) is 23.7 Å². The van der Waals surface area contributed by atoms with Crippen LogP contribution in [0.3, 0.4) is 0 Å². The van der Waals surface area contributed by atoms with Crippen molar-refractivity contribution in [3.63, 3.8) is 0 Å². The Hall–Kier alpha value is -2.58. The Morgan fingerprint density at radius 3 is 2.44 bits per heavy atom. The van der Waals surface area contributed by atoms with Crippen molar-refractivity contribution in [3.05, 3.63) is 64.7 Å². The summed E-state index contributed by atoms with van der Waals surface area (Å²) in [5.41, 5.74) is 2.48. The molecule has 1 aliphatic carbocycles. The van der Waals surface area contributed by atoms with Crippen LogP contribution in [0, 0.1) is 6.92 Å². The molecule has 1 atom stereocenters. The predicted molar refractivity (Wildman–Crippen MR) is 144 cm³/mol. The van der Waals surface area contributed by atoms with Crippen LogP contribution in [0.15, 0.2) is 48.5 Å². The Balaban J connectivity index is 1.72. The van der Waals surface area contributed by atoms with Gasteiger partial charge in [0, 0.05) is 30.6 Å². The SMILES string of the molecule is Cc1cccc(CN(C(=O)CCCN(c2cccc(Cl)c2)S(C)(=O)=O)[C@H](C)C(=O)NC2CCCC2)c1. The molecular weight excluding hydrogens is 498 g/mol. The van der Waals surface area contributed by atoms with Crippen LogP contribution in [0.4, 0.5) is 5.69 Å². The largest absolute Gasteiger partial charge is 0.352 e. The number of carbonyl (C=O) groups excluding carboxylic acids is 2. The van der Waals surface area contributed by atoms with Crippen LogP contribution in [0.25, 0.3) is 0 Å². The first-order valence-electron chi connectivity index (χ1n) is 12.4. The maximum atomic E-state index is 13.4. The van der Waals surface area contributed by atoms with Crippen molar-refractivity contribution >= 4 is 39.1 Å². The maximum Gasteiger partial charge on any atom is 0.242 e. The summed E-state index contributed by atoms with van der Waals surface area (Å²) in [6.07, 6.45) is 5.70. The third kappa shape index (κ3) is 7.96.